The summed E-state index contributed by atoms with van der Waals surface area (Å²) in [5.41, 5.74) is 2.12. The van der Waals surface area contributed by atoms with E-state index in [1.54, 1.807) is 31.5 Å². The van der Waals surface area contributed by atoms with Crippen LogP contribution in [0.25, 0.3) is 11.3 Å². The summed E-state index contributed by atoms with van der Waals surface area (Å²) in [6, 6.07) is 20.5. The molecule has 1 aliphatic rings. The minimum atomic E-state index is -0.357. The van der Waals surface area contributed by atoms with Crippen molar-refractivity contribution in [3.63, 3.8) is 0 Å². The minimum Gasteiger partial charge on any atom is -0.495 e. The molecule has 2 unspecified atom stereocenters. The first-order valence-corrected chi connectivity index (χ1v) is 13.1. The molecule has 2 aromatic heterocycles. The van der Waals surface area contributed by atoms with E-state index in [9.17, 15) is 9.18 Å². The number of hydrogen-bond acceptors (Lipinski definition) is 5. The highest BCUT2D eigenvalue weighted by Gasteiger charge is 2.41. The lowest BCUT2D eigenvalue weighted by atomic mass is 10.0. The van der Waals surface area contributed by atoms with Gasteiger partial charge >= 0.3 is 0 Å². The number of carbonyl (C=O) groups excluding carboxylic acids is 1. The maximum Gasteiger partial charge on any atom is 0.226 e. The van der Waals surface area contributed by atoms with Gasteiger partial charge in [0.25, 0.3) is 0 Å². The molecule has 0 aliphatic carbocycles. The van der Waals surface area contributed by atoms with Crippen molar-refractivity contribution in [3.05, 3.63) is 101 Å². The smallest absolute Gasteiger partial charge is 0.226 e. The van der Waals surface area contributed by atoms with E-state index >= 15 is 0 Å². The van der Waals surface area contributed by atoms with Crippen molar-refractivity contribution in [3.8, 4) is 17.1 Å². The Morgan fingerprint density at radius 3 is 2.76 bits per heavy atom. The fraction of sp³-hybridized carbons (Fsp3) is 0.179. The summed E-state index contributed by atoms with van der Waals surface area (Å²) < 4.78 is 25.9. The van der Waals surface area contributed by atoms with Crippen LogP contribution in [0.3, 0.4) is 0 Å². The van der Waals surface area contributed by atoms with Crippen LogP contribution in [0, 0.1) is 5.82 Å². The highest BCUT2D eigenvalue weighted by atomic mass is 79.9. The normalized spacial score (nSPS) is 16.8. The van der Waals surface area contributed by atoms with E-state index in [1.165, 1.54) is 12.1 Å². The molecule has 1 amide bonds. The standard InChI is InChI=1S/C28H24BrFN4O3S/c1-36-23-8-3-2-6-20(23)32-25(35)13-15-34-27(26(33-28(34)38)21-7-4-5-14-31-21)24-12-11-22(37-24)18-10-9-17(30)16-19(18)29/h2-12,14,16,26-27H,13,15H2,1H3,(H,32,35)(H,33,38). The lowest BCUT2D eigenvalue weighted by molar-refractivity contribution is -0.116. The van der Waals surface area contributed by atoms with Gasteiger partial charge in [-0.05, 0) is 82.7 Å². The number of amides is 1. The number of hydrogen-bond donors (Lipinski definition) is 2. The number of nitrogens with zero attached hydrogens (tertiary/aromatic N) is 2. The van der Waals surface area contributed by atoms with Gasteiger partial charge < -0.3 is 24.7 Å². The minimum absolute atomic E-state index is 0.173. The number of aromatic nitrogens is 1. The highest BCUT2D eigenvalue weighted by Crippen LogP contribution is 2.41. The van der Waals surface area contributed by atoms with Gasteiger partial charge in [-0.2, -0.15) is 0 Å². The SMILES string of the molecule is COc1ccccc1NC(=O)CCN1C(=S)NC(c2ccccn2)C1c1ccc(-c2ccc(F)cc2Br)o1. The van der Waals surface area contributed by atoms with Crippen LogP contribution in [0.4, 0.5) is 10.1 Å². The second kappa shape index (κ2) is 11.3. The maximum absolute atomic E-state index is 13.6. The average Bonchev–Trinajstić information content (AvgIpc) is 3.52. The molecule has 2 atom stereocenters. The van der Waals surface area contributed by atoms with Crippen molar-refractivity contribution in [1.29, 1.82) is 0 Å². The Morgan fingerprint density at radius 1 is 1.18 bits per heavy atom. The van der Waals surface area contributed by atoms with Gasteiger partial charge in [0.15, 0.2) is 5.11 Å². The molecule has 0 saturated carbocycles. The second-order valence-corrected chi connectivity index (χ2v) is 9.89. The number of halogens is 2. The van der Waals surface area contributed by atoms with E-state index in [0.29, 0.717) is 39.1 Å². The quantitative estimate of drug-likeness (QED) is 0.233. The van der Waals surface area contributed by atoms with Gasteiger partial charge in [0.05, 0.1) is 24.5 Å². The van der Waals surface area contributed by atoms with Gasteiger partial charge in [-0.25, -0.2) is 4.39 Å². The zero-order chi connectivity index (χ0) is 26.6. The topological polar surface area (TPSA) is 79.6 Å². The fourth-order valence-corrected chi connectivity index (χ4v) is 5.36. The van der Waals surface area contributed by atoms with Crippen molar-refractivity contribution < 1.29 is 18.3 Å². The molecule has 2 N–H and O–H groups in total. The van der Waals surface area contributed by atoms with E-state index in [0.717, 1.165) is 11.3 Å². The third-order valence-electron chi connectivity index (χ3n) is 6.27. The van der Waals surface area contributed by atoms with E-state index < -0.39 is 0 Å². The van der Waals surface area contributed by atoms with E-state index in [2.05, 4.69) is 31.5 Å². The predicted octanol–water partition coefficient (Wildman–Crippen LogP) is 6.25. The summed E-state index contributed by atoms with van der Waals surface area (Å²) in [5.74, 6) is 1.29. The molecule has 5 rings (SSSR count). The lowest BCUT2D eigenvalue weighted by Crippen LogP contribution is -2.32. The number of ether oxygens (including phenoxy) is 1. The van der Waals surface area contributed by atoms with Crippen LogP contribution < -0.4 is 15.4 Å². The summed E-state index contributed by atoms with van der Waals surface area (Å²) in [5, 5.41) is 6.76. The first-order valence-electron chi connectivity index (χ1n) is 11.9. The van der Waals surface area contributed by atoms with Crippen LogP contribution in [0.1, 0.15) is 30.0 Å². The predicted molar refractivity (Wildman–Crippen MR) is 150 cm³/mol. The van der Waals surface area contributed by atoms with Gasteiger partial charge in [0.1, 0.15) is 29.1 Å². The Kier molecular flexibility index (Phi) is 7.71. The summed E-state index contributed by atoms with van der Waals surface area (Å²) in [7, 11) is 1.56. The Morgan fingerprint density at radius 2 is 2.00 bits per heavy atom. The number of anilines is 1. The number of pyridine rings is 1. The second-order valence-electron chi connectivity index (χ2n) is 8.64. The van der Waals surface area contributed by atoms with Crippen molar-refractivity contribution in [2.75, 3.05) is 19.0 Å². The molecular formula is C28H24BrFN4O3S. The summed E-state index contributed by atoms with van der Waals surface area (Å²) >= 11 is 9.11. The average molecular weight is 595 g/mol. The Labute approximate surface area is 233 Å². The molecular weight excluding hydrogens is 571 g/mol. The molecule has 1 saturated heterocycles. The Bertz CT molecular complexity index is 1470. The molecule has 0 radical (unpaired) electrons. The number of para-hydroxylation sites is 2. The van der Waals surface area contributed by atoms with Crippen molar-refractivity contribution >= 4 is 44.9 Å². The van der Waals surface area contributed by atoms with Gasteiger partial charge in [-0.1, -0.05) is 18.2 Å². The first-order chi connectivity index (χ1) is 18.4. The number of thiocarbonyl (C=S) groups is 1. The van der Waals surface area contributed by atoms with Crippen LogP contribution in [-0.2, 0) is 4.79 Å². The van der Waals surface area contributed by atoms with Crippen LogP contribution in [0.5, 0.6) is 5.75 Å². The number of methoxy groups -OCH3 is 1. The lowest BCUT2D eigenvalue weighted by Gasteiger charge is -2.26. The molecule has 0 bridgehead atoms. The molecule has 7 nitrogen and oxygen atoms in total. The van der Waals surface area contributed by atoms with Crippen molar-refractivity contribution in [2.45, 2.75) is 18.5 Å². The molecule has 10 heteroatoms. The fourth-order valence-electron chi connectivity index (χ4n) is 4.48. The molecule has 4 aromatic rings. The van der Waals surface area contributed by atoms with E-state index in [-0.39, 0.29) is 30.2 Å². The highest BCUT2D eigenvalue weighted by molar-refractivity contribution is 9.10. The third-order valence-corrected chi connectivity index (χ3v) is 7.28. The maximum atomic E-state index is 13.6. The first kappa shape index (κ1) is 25.9. The molecule has 1 fully saturated rings. The molecule has 1 aliphatic heterocycles. The van der Waals surface area contributed by atoms with Crippen molar-refractivity contribution in [1.82, 2.24) is 15.2 Å². The number of benzene rings is 2. The third kappa shape index (κ3) is 5.41. The van der Waals surface area contributed by atoms with E-state index in [1.807, 2.05) is 47.4 Å². The van der Waals surface area contributed by atoms with Gasteiger partial charge in [-0.15, -0.1) is 0 Å². The molecule has 2 aromatic carbocycles. The van der Waals surface area contributed by atoms with Gasteiger partial charge in [-0.3, -0.25) is 9.78 Å². The van der Waals surface area contributed by atoms with Crippen LogP contribution >= 0.6 is 28.1 Å². The zero-order valence-corrected chi connectivity index (χ0v) is 22.8. The summed E-state index contributed by atoms with van der Waals surface area (Å²) in [4.78, 5) is 19.3. The van der Waals surface area contributed by atoms with Crippen molar-refractivity contribution in [2.24, 2.45) is 0 Å². The zero-order valence-electron chi connectivity index (χ0n) is 20.4. The number of furan rings is 1. The van der Waals surface area contributed by atoms with Crippen LogP contribution in [0.2, 0.25) is 0 Å². The van der Waals surface area contributed by atoms with Gasteiger partial charge in [0.2, 0.25) is 5.91 Å². The molecule has 194 valence electrons. The largest absolute Gasteiger partial charge is 0.495 e. The Balaban J connectivity index is 1.41. The van der Waals surface area contributed by atoms with Crippen LogP contribution in [-0.4, -0.2) is 34.6 Å². The van der Waals surface area contributed by atoms with E-state index in [4.69, 9.17) is 21.4 Å². The number of carbonyl (C=O) groups is 1. The van der Waals surface area contributed by atoms with Crippen LogP contribution in [0.15, 0.2) is 87.9 Å². The monoisotopic (exact) mass is 594 g/mol. The summed E-state index contributed by atoms with van der Waals surface area (Å²) in [6.45, 7) is 0.344. The van der Waals surface area contributed by atoms with Gasteiger partial charge in [0, 0.05) is 29.2 Å². The summed E-state index contributed by atoms with van der Waals surface area (Å²) in [6.07, 6.45) is 1.91. The molecule has 38 heavy (non-hydrogen) atoms. The molecule has 3 heterocycles. The number of rotatable bonds is 8. The Hall–Kier alpha value is -3.76. The molecule has 0 spiro atoms. The number of nitrogens with one attached hydrogen (secondary N) is 2.